The molecule has 0 bridgehead atoms. The predicted octanol–water partition coefficient (Wildman–Crippen LogP) is 4.67. The highest BCUT2D eigenvalue weighted by molar-refractivity contribution is 7.89. The van der Waals surface area contributed by atoms with Crippen LogP contribution in [0.4, 0.5) is 4.79 Å². The Hall–Kier alpha value is -1.31. The highest BCUT2D eigenvalue weighted by Gasteiger charge is 2.38. The number of amides is 1. The van der Waals surface area contributed by atoms with E-state index in [4.69, 9.17) is 16.3 Å². The number of carbonyl (C=O) groups excluding carboxylic acids is 1. The van der Waals surface area contributed by atoms with Crippen LogP contribution in [0.5, 0.6) is 0 Å². The zero-order valence-corrected chi connectivity index (χ0v) is 18.6. The van der Waals surface area contributed by atoms with Gasteiger partial charge < -0.3 is 9.64 Å². The summed E-state index contributed by atoms with van der Waals surface area (Å²) in [5, 5.41) is 0.491. The van der Waals surface area contributed by atoms with E-state index < -0.39 is 16.1 Å². The van der Waals surface area contributed by atoms with Crippen LogP contribution in [0.2, 0.25) is 5.02 Å². The van der Waals surface area contributed by atoms with Gasteiger partial charge in [-0.3, -0.25) is 0 Å². The third-order valence-corrected chi connectivity index (χ3v) is 7.88. The van der Waals surface area contributed by atoms with Crippen LogP contribution in [0.3, 0.4) is 0 Å². The number of rotatable bonds is 7. The van der Waals surface area contributed by atoms with E-state index in [1.807, 2.05) is 11.8 Å². The summed E-state index contributed by atoms with van der Waals surface area (Å²) in [4.78, 5) is 14.5. The minimum Gasteiger partial charge on any atom is -0.443 e. The first-order chi connectivity index (χ1) is 13.9. The van der Waals surface area contributed by atoms with Gasteiger partial charge in [-0.15, -0.1) is 0 Å². The first-order valence-corrected chi connectivity index (χ1v) is 12.5. The van der Waals surface area contributed by atoms with Crippen LogP contribution in [-0.4, -0.2) is 55.5 Å². The monoisotopic (exact) mass is 442 g/mol. The van der Waals surface area contributed by atoms with Gasteiger partial charge in [-0.1, -0.05) is 50.6 Å². The average molecular weight is 443 g/mol. The number of nitrogens with zero attached hydrogens (tertiary/aromatic N) is 2. The molecule has 162 valence electrons. The molecular formula is C21H31ClN2O4S. The lowest BCUT2D eigenvalue weighted by Gasteiger charge is -2.28. The number of hydrogen-bond donors (Lipinski definition) is 0. The summed E-state index contributed by atoms with van der Waals surface area (Å²) in [6.07, 6.45) is 7.90. The number of hydrogen-bond acceptors (Lipinski definition) is 4. The normalized spacial score (nSPS) is 21.8. The van der Waals surface area contributed by atoms with Gasteiger partial charge in [-0.05, 0) is 43.5 Å². The molecule has 0 aromatic heterocycles. The van der Waals surface area contributed by atoms with Gasteiger partial charge in [0, 0.05) is 17.6 Å². The Kier molecular flexibility index (Phi) is 7.82. The minimum absolute atomic E-state index is 0.174. The van der Waals surface area contributed by atoms with E-state index in [0.717, 1.165) is 25.7 Å². The predicted molar refractivity (Wildman–Crippen MR) is 114 cm³/mol. The Bertz CT molecular complexity index is 776. The Labute approximate surface area is 179 Å². The molecule has 8 heteroatoms. The summed E-state index contributed by atoms with van der Waals surface area (Å²) in [5.41, 5.74) is 0. The van der Waals surface area contributed by atoms with E-state index in [1.54, 1.807) is 12.1 Å². The third-order valence-electron chi connectivity index (χ3n) is 5.75. The Balaban J connectivity index is 1.69. The lowest BCUT2D eigenvalue weighted by molar-refractivity contribution is 0.117. The van der Waals surface area contributed by atoms with Gasteiger partial charge in [0.1, 0.15) is 6.10 Å². The van der Waals surface area contributed by atoms with E-state index in [9.17, 15) is 13.2 Å². The van der Waals surface area contributed by atoms with Crippen LogP contribution in [0.15, 0.2) is 29.2 Å². The molecule has 1 aliphatic carbocycles. The average Bonchev–Trinajstić information content (AvgIpc) is 3.02. The highest BCUT2D eigenvalue weighted by atomic mass is 35.5. The Morgan fingerprint density at radius 1 is 1.10 bits per heavy atom. The number of ether oxygens (including phenoxy) is 1. The number of cyclic esters (lactones) is 1. The van der Waals surface area contributed by atoms with Crippen molar-refractivity contribution in [1.29, 1.82) is 0 Å². The van der Waals surface area contributed by atoms with Crippen molar-refractivity contribution in [3.05, 3.63) is 29.3 Å². The molecule has 2 aliphatic rings. The molecule has 6 nitrogen and oxygen atoms in total. The van der Waals surface area contributed by atoms with E-state index in [2.05, 4.69) is 0 Å². The summed E-state index contributed by atoms with van der Waals surface area (Å²) in [6, 6.07) is 6.39. The van der Waals surface area contributed by atoms with Crippen molar-refractivity contribution in [2.45, 2.75) is 75.3 Å². The molecule has 1 aliphatic heterocycles. The fourth-order valence-electron chi connectivity index (χ4n) is 4.22. The van der Waals surface area contributed by atoms with Crippen LogP contribution in [0.25, 0.3) is 0 Å². The van der Waals surface area contributed by atoms with Crippen LogP contribution in [0, 0.1) is 0 Å². The fourth-order valence-corrected chi connectivity index (χ4v) is 5.91. The van der Waals surface area contributed by atoms with E-state index in [0.29, 0.717) is 24.5 Å². The van der Waals surface area contributed by atoms with Crippen molar-refractivity contribution in [3.63, 3.8) is 0 Å². The van der Waals surface area contributed by atoms with Crippen molar-refractivity contribution in [1.82, 2.24) is 9.21 Å². The van der Waals surface area contributed by atoms with Gasteiger partial charge >= 0.3 is 6.09 Å². The smallest absolute Gasteiger partial charge is 0.410 e. The van der Waals surface area contributed by atoms with Gasteiger partial charge in [0.15, 0.2) is 0 Å². The molecule has 1 aromatic rings. The lowest BCUT2D eigenvalue weighted by Crippen LogP contribution is -2.41. The zero-order chi connectivity index (χ0) is 20.9. The maximum atomic E-state index is 13.1. The Morgan fingerprint density at radius 3 is 2.34 bits per heavy atom. The van der Waals surface area contributed by atoms with E-state index in [1.165, 1.54) is 35.7 Å². The molecule has 0 N–H and O–H groups in total. The second-order valence-corrected chi connectivity index (χ2v) is 10.3. The zero-order valence-electron chi connectivity index (χ0n) is 17.1. The Morgan fingerprint density at radius 2 is 1.72 bits per heavy atom. The SMILES string of the molecule is CCCN(C[C@@H]1CN(C2CCCCCCC2)C(=O)O1)S(=O)(=O)c1ccc(Cl)cc1. The van der Waals surface area contributed by atoms with Gasteiger partial charge in [0.25, 0.3) is 0 Å². The molecule has 1 heterocycles. The van der Waals surface area contributed by atoms with Gasteiger partial charge in [-0.25, -0.2) is 13.2 Å². The van der Waals surface area contributed by atoms with Crippen LogP contribution >= 0.6 is 11.6 Å². The second kappa shape index (κ2) is 10.1. The van der Waals surface area contributed by atoms with E-state index >= 15 is 0 Å². The highest BCUT2D eigenvalue weighted by Crippen LogP contribution is 2.27. The third kappa shape index (κ3) is 5.64. The van der Waals surface area contributed by atoms with Crippen LogP contribution in [0.1, 0.15) is 58.3 Å². The lowest BCUT2D eigenvalue weighted by atomic mass is 9.96. The molecule has 1 saturated carbocycles. The topological polar surface area (TPSA) is 66.9 Å². The van der Waals surface area contributed by atoms with Gasteiger partial charge in [0.2, 0.25) is 10.0 Å². The molecule has 1 aromatic carbocycles. The molecule has 29 heavy (non-hydrogen) atoms. The molecule has 0 spiro atoms. The summed E-state index contributed by atoms with van der Waals surface area (Å²) in [5.74, 6) is 0. The van der Waals surface area contributed by atoms with Gasteiger partial charge in [0.05, 0.1) is 18.0 Å². The van der Waals surface area contributed by atoms with Crippen LogP contribution < -0.4 is 0 Å². The van der Waals surface area contributed by atoms with Crippen molar-refractivity contribution in [2.24, 2.45) is 0 Å². The number of carbonyl (C=O) groups is 1. The largest absolute Gasteiger partial charge is 0.443 e. The maximum Gasteiger partial charge on any atom is 0.410 e. The molecule has 1 amide bonds. The first-order valence-electron chi connectivity index (χ1n) is 10.6. The van der Waals surface area contributed by atoms with Crippen molar-refractivity contribution in [2.75, 3.05) is 19.6 Å². The van der Waals surface area contributed by atoms with Crippen molar-refractivity contribution >= 4 is 27.7 Å². The fraction of sp³-hybridized carbons (Fsp3) is 0.667. The number of sulfonamides is 1. The number of halogens is 1. The minimum atomic E-state index is -3.67. The molecule has 1 saturated heterocycles. The van der Waals surface area contributed by atoms with E-state index in [-0.39, 0.29) is 23.6 Å². The molecular weight excluding hydrogens is 412 g/mol. The summed E-state index contributed by atoms with van der Waals surface area (Å²) < 4.78 is 33.2. The summed E-state index contributed by atoms with van der Waals surface area (Å²) in [7, 11) is -3.67. The standard InChI is InChI=1S/C21H31ClN2O4S/c1-2-14-23(29(26,27)20-12-10-17(22)11-13-20)15-19-16-24(21(25)28-19)18-8-6-4-3-5-7-9-18/h10-13,18-19H,2-9,14-16H2,1H3/t19-/m1/s1. The first kappa shape index (κ1) is 22.4. The van der Waals surface area contributed by atoms with Crippen molar-refractivity contribution in [3.8, 4) is 0 Å². The molecule has 1 atom stereocenters. The summed E-state index contributed by atoms with van der Waals surface area (Å²) in [6.45, 7) is 2.95. The number of benzene rings is 1. The van der Waals surface area contributed by atoms with Gasteiger partial charge in [-0.2, -0.15) is 4.31 Å². The summed E-state index contributed by atoms with van der Waals surface area (Å²) >= 11 is 5.90. The quantitative estimate of drug-likeness (QED) is 0.615. The maximum absolute atomic E-state index is 13.1. The molecule has 2 fully saturated rings. The molecule has 3 rings (SSSR count). The molecule has 0 unspecified atom stereocenters. The van der Waals surface area contributed by atoms with Crippen LogP contribution in [-0.2, 0) is 14.8 Å². The molecule has 0 radical (unpaired) electrons. The second-order valence-electron chi connectivity index (χ2n) is 7.97. The van der Waals surface area contributed by atoms with Crippen molar-refractivity contribution < 1.29 is 17.9 Å².